The fourth-order valence-corrected chi connectivity index (χ4v) is 1.68. The number of benzene rings is 1. The maximum absolute atomic E-state index is 5.51. The third kappa shape index (κ3) is 1.45. The van der Waals surface area contributed by atoms with E-state index in [9.17, 15) is 0 Å². The van der Waals surface area contributed by atoms with Gasteiger partial charge in [0.2, 0.25) is 0 Å². The highest BCUT2D eigenvalue weighted by atomic mass is 31.0. The van der Waals surface area contributed by atoms with E-state index in [4.69, 9.17) is 4.74 Å². The van der Waals surface area contributed by atoms with E-state index in [1.165, 1.54) is 10.9 Å². The van der Waals surface area contributed by atoms with Gasteiger partial charge in [-0.1, -0.05) is 6.07 Å². The summed E-state index contributed by atoms with van der Waals surface area (Å²) in [5.41, 5.74) is 1.27. The summed E-state index contributed by atoms with van der Waals surface area (Å²) in [7, 11) is 4.75. The van der Waals surface area contributed by atoms with Gasteiger partial charge in [0.25, 0.3) is 0 Å². The van der Waals surface area contributed by atoms with Crippen LogP contribution in [0, 0.1) is 0 Å². The van der Waals surface area contributed by atoms with E-state index in [-0.39, 0.29) is 0 Å². The van der Waals surface area contributed by atoms with E-state index in [0.717, 1.165) is 12.3 Å². The molecule has 1 aromatic carbocycles. The minimum atomic E-state index is 0.698. The summed E-state index contributed by atoms with van der Waals surface area (Å²) < 4.78 is 5.51. The summed E-state index contributed by atoms with van der Waals surface area (Å²) >= 11 is 0. The van der Waals surface area contributed by atoms with Gasteiger partial charge in [-0.05, 0) is 24.5 Å². The van der Waals surface area contributed by atoms with Crippen LogP contribution in [0.15, 0.2) is 18.2 Å². The van der Waals surface area contributed by atoms with Crippen LogP contribution in [-0.4, -0.2) is 18.7 Å². The van der Waals surface area contributed by atoms with Crippen molar-refractivity contribution in [2.45, 2.75) is 6.54 Å². The maximum atomic E-state index is 5.51. The molecule has 0 fully saturated rings. The molecule has 64 valence electrons. The first-order chi connectivity index (χ1) is 5.75. The van der Waals surface area contributed by atoms with Gasteiger partial charge < -0.3 is 4.74 Å². The standard InChI is InChI=1S/C9H12NOP/c1-10-5-7-4-8(12)2-3-9(7)11-6-10/h2-4H,5-6,12H2,1H3. The number of ether oxygens (including phenoxy) is 1. The van der Waals surface area contributed by atoms with Crippen molar-refractivity contribution in [1.82, 2.24) is 4.90 Å². The molecular formula is C9H12NOP. The van der Waals surface area contributed by atoms with Crippen LogP contribution < -0.4 is 10.0 Å². The first-order valence-electron chi connectivity index (χ1n) is 3.95. The van der Waals surface area contributed by atoms with Crippen molar-refractivity contribution in [3.8, 4) is 5.75 Å². The molecule has 0 aliphatic carbocycles. The van der Waals surface area contributed by atoms with Gasteiger partial charge in [0.15, 0.2) is 0 Å². The first kappa shape index (κ1) is 8.03. The van der Waals surface area contributed by atoms with Gasteiger partial charge in [0.1, 0.15) is 12.5 Å². The SMILES string of the molecule is CN1COc2ccc(P)cc2C1. The molecule has 1 atom stereocenters. The fourth-order valence-electron chi connectivity index (χ4n) is 1.38. The lowest BCUT2D eigenvalue weighted by Gasteiger charge is -2.25. The number of rotatable bonds is 0. The average Bonchev–Trinajstić information content (AvgIpc) is 2.03. The zero-order valence-corrected chi connectivity index (χ0v) is 8.23. The topological polar surface area (TPSA) is 12.5 Å². The van der Waals surface area contributed by atoms with Crippen molar-refractivity contribution in [3.63, 3.8) is 0 Å². The van der Waals surface area contributed by atoms with Crippen molar-refractivity contribution in [2.24, 2.45) is 0 Å². The molecule has 1 aromatic rings. The van der Waals surface area contributed by atoms with Gasteiger partial charge in [0, 0.05) is 12.1 Å². The number of hydrogen-bond donors (Lipinski definition) is 0. The molecule has 0 amide bonds. The Balaban J connectivity index is 2.37. The van der Waals surface area contributed by atoms with Crippen LogP contribution in [0.5, 0.6) is 5.75 Å². The molecule has 1 heterocycles. The molecule has 12 heavy (non-hydrogen) atoms. The maximum Gasteiger partial charge on any atom is 0.142 e. The lowest BCUT2D eigenvalue weighted by Crippen LogP contribution is -2.28. The Morgan fingerprint density at radius 2 is 2.33 bits per heavy atom. The molecule has 0 aromatic heterocycles. The summed E-state index contributed by atoms with van der Waals surface area (Å²) in [5.74, 6) is 1.03. The van der Waals surface area contributed by atoms with Gasteiger partial charge in [-0.15, -0.1) is 9.24 Å². The predicted octanol–water partition coefficient (Wildman–Crippen LogP) is 0.969. The molecular weight excluding hydrogens is 169 g/mol. The fraction of sp³-hybridized carbons (Fsp3) is 0.333. The molecule has 1 unspecified atom stereocenters. The van der Waals surface area contributed by atoms with E-state index in [2.05, 4.69) is 33.3 Å². The van der Waals surface area contributed by atoms with Gasteiger partial charge in [-0.3, -0.25) is 4.90 Å². The summed E-state index contributed by atoms with van der Waals surface area (Å²) in [6, 6.07) is 6.23. The third-order valence-electron chi connectivity index (χ3n) is 1.97. The van der Waals surface area contributed by atoms with Crippen LogP contribution in [0.25, 0.3) is 0 Å². The summed E-state index contributed by atoms with van der Waals surface area (Å²) in [5, 5.41) is 1.22. The van der Waals surface area contributed by atoms with E-state index >= 15 is 0 Å². The minimum absolute atomic E-state index is 0.698. The second-order valence-corrected chi connectivity index (χ2v) is 3.82. The third-order valence-corrected chi connectivity index (χ3v) is 2.32. The Hall–Kier alpha value is -0.590. The van der Waals surface area contributed by atoms with Crippen molar-refractivity contribution < 1.29 is 4.74 Å². The van der Waals surface area contributed by atoms with E-state index in [1.54, 1.807) is 0 Å². The second kappa shape index (κ2) is 3.04. The highest BCUT2D eigenvalue weighted by Crippen LogP contribution is 2.22. The smallest absolute Gasteiger partial charge is 0.142 e. The Morgan fingerprint density at radius 3 is 3.17 bits per heavy atom. The first-order valence-corrected chi connectivity index (χ1v) is 4.53. The zero-order valence-electron chi connectivity index (χ0n) is 7.08. The van der Waals surface area contributed by atoms with E-state index in [1.807, 2.05) is 6.07 Å². The molecule has 1 aliphatic rings. The molecule has 0 saturated heterocycles. The number of fused-ring (bicyclic) bond motifs is 1. The number of hydrogen-bond acceptors (Lipinski definition) is 2. The molecule has 0 radical (unpaired) electrons. The van der Waals surface area contributed by atoms with Crippen LogP contribution in [-0.2, 0) is 6.54 Å². The van der Waals surface area contributed by atoms with Crippen LogP contribution >= 0.6 is 9.24 Å². The Bertz CT molecular complexity index is 301. The molecule has 0 saturated carbocycles. The van der Waals surface area contributed by atoms with Crippen LogP contribution in [0.4, 0.5) is 0 Å². The molecule has 2 rings (SSSR count). The monoisotopic (exact) mass is 181 g/mol. The van der Waals surface area contributed by atoms with Crippen molar-refractivity contribution in [2.75, 3.05) is 13.8 Å². The second-order valence-electron chi connectivity index (χ2n) is 3.15. The Kier molecular flexibility index (Phi) is 2.03. The largest absolute Gasteiger partial charge is 0.478 e. The van der Waals surface area contributed by atoms with Gasteiger partial charge in [0.05, 0.1) is 0 Å². The highest BCUT2D eigenvalue weighted by molar-refractivity contribution is 7.27. The van der Waals surface area contributed by atoms with E-state index in [0.29, 0.717) is 6.73 Å². The van der Waals surface area contributed by atoms with Crippen LogP contribution in [0.3, 0.4) is 0 Å². The summed E-state index contributed by atoms with van der Waals surface area (Å²) in [6.07, 6.45) is 0. The lowest BCUT2D eigenvalue weighted by atomic mass is 10.2. The lowest BCUT2D eigenvalue weighted by molar-refractivity contribution is 0.121. The summed E-state index contributed by atoms with van der Waals surface area (Å²) in [4.78, 5) is 2.15. The normalized spacial score (nSPS) is 16.8. The molecule has 0 bridgehead atoms. The van der Waals surface area contributed by atoms with E-state index < -0.39 is 0 Å². The molecule has 0 N–H and O–H groups in total. The average molecular weight is 181 g/mol. The molecule has 3 heteroatoms. The Morgan fingerprint density at radius 1 is 1.50 bits per heavy atom. The zero-order chi connectivity index (χ0) is 8.55. The number of nitrogens with zero attached hydrogens (tertiary/aromatic N) is 1. The predicted molar refractivity (Wildman–Crippen MR) is 52.7 cm³/mol. The van der Waals surface area contributed by atoms with Gasteiger partial charge in [-0.2, -0.15) is 0 Å². The minimum Gasteiger partial charge on any atom is -0.478 e. The summed E-state index contributed by atoms with van der Waals surface area (Å²) in [6.45, 7) is 1.68. The molecule has 2 nitrogen and oxygen atoms in total. The Labute approximate surface area is 74.7 Å². The van der Waals surface area contributed by atoms with Crippen LogP contribution in [0.2, 0.25) is 0 Å². The van der Waals surface area contributed by atoms with Crippen molar-refractivity contribution >= 4 is 14.5 Å². The quantitative estimate of drug-likeness (QED) is 0.553. The van der Waals surface area contributed by atoms with Gasteiger partial charge in [-0.25, -0.2) is 0 Å². The van der Waals surface area contributed by atoms with Gasteiger partial charge >= 0.3 is 0 Å². The van der Waals surface area contributed by atoms with Crippen molar-refractivity contribution in [1.29, 1.82) is 0 Å². The van der Waals surface area contributed by atoms with Crippen molar-refractivity contribution in [3.05, 3.63) is 23.8 Å². The molecule has 1 aliphatic heterocycles. The highest BCUT2D eigenvalue weighted by Gasteiger charge is 2.12. The molecule has 0 spiro atoms. The van der Waals surface area contributed by atoms with Crippen LogP contribution in [0.1, 0.15) is 5.56 Å².